The van der Waals surface area contributed by atoms with Crippen LogP contribution in [0.4, 0.5) is 4.39 Å². The van der Waals surface area contributed by atoms with Crippen molar-refractivity contribution >= 4 is 31.9 Å². The number of amides is 1. The van der Waals surface area contributed by atoms with Crippen molar-refractivity contribution in [2.24, 2.45) is 5.14 Å². The van der Waals surface area contributed by atoms with Gasteiger partial charge in [0.2, 0.25) is 10.0 Å². The van der Waals surface area contributed by atoms with Gasteiger partial charge in [0.05, 0.1) is 14.9 Å². The van der Waals surface area contributed by atoms with Crippen molar-refractivity contribution in [3.63, 3.8) is 0 Å². The van der Waals surface area contributed by atoms with Gasteiger partial charge in [-0.2, -0.15) is 0 Å². The number of benzene rings is 1. The summed E-state index contributed by atoms with van der Waals surface area (Å²) in [6, 6.07) is 1.75. The Balaban J connectivity index is 3.44. The quantitative estimate of drug-likeness (QED) is 0.851. The van der Waals surface area contributed by atoms with Gasteiger partial charge in [0.1, 0.15) is 5.82 Å². The highest BCUT2D eigenvalue weighted by Gasteiger charge is 2.25. The smallest absolute Gasteiger partial charge is 0.255 e. The highest BCUT2D eigenvalue weighted by atomic mass is 79.9. The second-order valence-electron chi connectivity index (χ2n) is 4.66. The van der Waals surface area contributed by atoms with Crippen LogP contribution in [0.2, 0.25) is 0 Å². The third-order valence-corrected chi connectivity index (χ3v) is 5.32. The summed E-state index contributed by atoms with van der Waals surface area (Å²) < 4.78 is 36.6. The molecule has 1 amide bonds. The van der Waals surface area contributed by atoms with E-state index in [0.717, 1.165) is 18.6 Å². The molecule has 0 bridgehead atoms. The Hall–Kier alpha value is -0.990. The maximum atomic E-state index is 13.6. The molecule has 0 heterocycles. The number of hydrogen-bond donors (Lipinski definition) is 1. The number of carbonyl (C=O) groups excluding carboxylic acids is 1. The predicted octanol–water partition coefficient (Wildman–Crippen LogP) is 2.50. The van der Waals surface area contributed by atoms with E-state index in [4.69, 9.17) is 5.14 Å². The maximum absolute atomic E-state index is 13.6. The highest BCUT2D eigenvalue weighted by molar-refractivity contribution is 9.10. The number of nitrogens with two attached hydrogens (primary N) is 1. The number of rotatable bonds is 5. The van der Waals surface area contributed by atoms with Gasteiger partial charge in [0.25, 0.3) is 5.91 Å². The Bertz CT molecular complexity index is 649. The van der Waals surface area contributed by atoms with Gasteiger partial charge in [-0.25, -0.2) is 17.9 Å². The van der Waals surface area contributed by atoms with Gasteiger partial charge < -0.3 is 4.90 Å². The molecule has 1 unspecified atom stereocenters. The van der Waals surface area contributed by atoms with Crippen molar-refractivity contribution in [3.05, 3.63) is 28.0 Å². The van der Waals surface area contributed by atoms with E-state index in [0.29, 0.717) is 6.54 Å². The predicted molar refractivity (Wildman–Crippen MR) is 81.9 cm³/mol. The number of nitrogens with zero attached hydrogens (tertiary/aromatic N) is 1. The van der Waals surface area contributed by atoms with E-state index < -0.39 is 26.6 Å². The van der Waals surface area contributed by atoms with Crippen molar-refractivity contribution in [2.75, 3.05) is 6.54 Å². The average molecular weight is 381 g/mol. The van der Waals surface area contributed by atoms with Crippen LogP contribution in [-0.4, -0.2) is 31.8 Å². The van der Waals surface area contributed by atoms with Crippen molar-refractivity contribution < 1.29 is 17.6 Å². The summed E-state index contributed by atoms with van der Waals surface area (Å²) in [6.45, 7) is 6.03. The largest absolute Gasteiger partial charge is 0.336 e. The zero-order valence-corrected chi connectivity index (χ0v) is 14.5. The molecule has 0 fully saturated rings. The van der Waals surface area contributed by atoms with Crippen LogP contribution in [0, 0.1) is 5.82 Å². The zero-order chi connectivity index (χ0) is 16.4. The van der Waals surface area contributed by atoms with Crippen molar-refractivity contribution in [3.8, 4) is 0 Å². The Morgan fingerprint density at radius 2 is 2.00 bits per heavy atom. The molecule has 8 heteroatoms. The fraction of sp³-hybridized carbons (Fsp3) is 0.462. The first kappa shape index (κ1) is 18.1. The second kappa shape index (κ2) is 6.85. The van der Waals surface area contributed by atoms with E-state index in [1.165, 1.54) is 0 Å². The first-order valence-corrected chi connectivity index (χ1v) is 8.80. The Morgan fingerprint density at radius 1 is 1.43 bits per heavy atom. The number of halogens is 2. The van der Waals surface area contributed by atoms with E-state index in [1.54, 1.807) is 11.8 Å². The SMILES string of the molecule is CCC(C)N(CC)C(=O)c1cc(F)cc(S(N)(=O)=O)c1Br. The standard InChI is InChI=1S/C13H18BrFN2O3S/c1-4-8(3)17(5-2)13(18)10-6-9(15)7-11(12(10)14)21(16,19)20/h6-8H,4-5H2,1-3H3,(H2,16,19,20). The molecule has 0 aromatic heterocycles. The molecule has 0 spiro atoms. The van der Waals surface area contributed by atoms with E-state index in [2.05, 4.69) is 15.9 Å². The van der Waals surface area contributed by atoms with Gasteiger partial charge in [-0.05, 0) is 48.3 Å². The van der Waals surface area contributed by atoms with Crippen LogP contribution in [0.1, 0.15) is 37.6 Å². The van der Waals surface area contributed by atoms with Gasteiger partial charge in [-0.3, -0.25) is 4.79 Å². The van der Waals surface area contributed by atoms with Crippen LogP contribution in [0.25, 0.3) is 0 Å². The molecule has 0 radical (unpaired) electrons. The third kappa shape index (κ3) is 4.02. The summed E-state index contributed by atoms with van der Waals surface area (Å²) in [5.74, 6) is -1.27. The lowest BCUT2D eigenvalue weighted by Gasteiger charge is -2.28. The molecular weight excluding hydrogens is 363 g/mol. The Labute approximate surface area is 132 Å². The molecule has 1 aromatic rings. The summed E-state index contributed by atoms with van der Waals surface area (Å²) in [6.07, 6.45) is 0.731. The summed E-state index contributed by atoms with van der Waals surface area (Å²) in [7, 11) is -4.13. The van der Waals surface area contributed by atoms with Gasteiger partial charge in [-0.1, -0.05) is 6.92 Å². The number of hydrogen-bond acceptors (Lipinski definition) is 3. The minimum absolute atomic E-state index is 0.0156. The minimum atomic E-state index is -4.13. The molecule has 5 nitrogen and oxygen atoms in total. The van der Waals surface area contributed by atoms with E-state index in [9.17, 15) is 17.6 Å². The lowest BCUT2D eigenvalue weighted by Crippen LogP contribution is -2.38. The summed E-state index contributed by atoms with van der Waals surface area (Å²) in [4.78, 5) is 13.6. The van der Waals surface area contributed by atoms with Gasteiger partial charge in [0.15, 0.2) is 0 Å². The Morgan fingerprint density at radius 3 is 2.43 bits per heavy atom. The first-order chi connectivity index (χ1) is 9.63. The van der Waals surface area contributed by atoms with Gasteiger partial charge >= 0.3 is 0 Å². The fourth-order valence-electron chi connectivity index (χ4n) is 1.96. The molecule has 1 atom stereocenters. The molecule has 1 aromatic carbocycles. The lowest BCUT2D eigenvalue weighted by molar-refractivity contribution is 0.0698. The van der Waals surface area contributed by atoms with Crippen LogP contribution >= 0.6 is 15.9 Å². The Kier molecular flexibility index (Phi) is 5.89. The van der Waals surface area contributed by atoms with E-state index >= 15 is 0 Å². The minimum Gasteiger partial charge on any atom is -0.336 e. The van der Waals surface area contributed by atoms with E-state index in [-0.39, 0.29) is 16.1 Å². The number of sulfonamides is 1. The maximum Gasteiger partial charge on any atom is 0.255 e. The van der Waals surface area contributed by atoms with Crippen molar-refractivity contribution in [2.45, 2.75) is 38.1 Å². The van der Waals surface area contributed by atoms with E-state index in [1.807, 2.05) is 13.8 Å². The van der Waals surface area contributed by atoms with Crippen molar-refractivity contribution in [1.29, 1.82) is 0 Å². The van der Waals surface area contributed by atoms with Crippen LogP contribution < -0.4 is 5.14 Å². The highest BCUT2D eigenvalue weighted by Crippen LogP contribution is 2.28. The number of primary sulfonamides is 1. The molecule has 21 heavy (non-hydrogen) atoms. The molecule has 2 N–H and O–H groups in total. The topological polar surface area (TPSA) is 80.5 Å². The first-order valence-electron chi connectivity index (χ1n) is 6.46. The molecule has 118 valence electrons. The summed E-state index contributed by atoms with van der Waals surface area (Å²) >= 11 is 3.05. The molecule has 0 saturated carbocycles. The normalized spacial score (nSPS) is 13.0. The number of carbonyl (C=O) groups is 1. The van der Waals surface area contributed by atoms with Gasteiger partial charge in [0, 0.05) is 12.6 Å². The van der Waals surface area contributed by atoms with Crippen molar-refractivity contribution in [1.82, 2.24) is 4.90 Å². The molecule has 1 rings (SSSR count). The molecular formula is C13H18BrFN2O3S. The fourth-order valence-corrected chi connectivity index (χ4v) is 3.67. The van der Waals surface area contributed by atoms with Gasteiger partial charge in [-0.15, -0.1) is 0 Å². The molecule has 0 saturated heterocycles. The van der Waals surface area contributed by atoms with Crippen LogP contribution in [0.5, 0.6) is 0 Å². The zero-order valence-electron chi connectivity index (χ0n) is 12.1. The molecule has 0 aliphatic heterocycles. The summed E-state index contributed by atoms with van der Waals surface area (Å²) in [5, 5.41) is 5.04. The summed E-state index contributed by atoms with van der Waals surface area (Å²) in [5.41, 5.74) is -0.0545. The monoisotopic (exact) mass is 380 g/mol. The molecule has 0 aliphatic rings. The average Bonchev–Trinajstić information content (AvgIpc) is 2.40. The van der Waals surface area contributed by atoms with Crippen LogP contribution in [-0.2, 0) is 10.0 Å². The lowest BCUT2D eigenvalue weighted by atomic mass is 10.1. The third-order valence-electron chi connectivity index (χ3n) is 3.27. The molecule has 0 aliphatic carbocycles. The van der Waals surface area contributed by atoms with Crippen LogP contribution in [0.3, 0.4) is 0 Å². The second-order valence-corrected chi connectivity index (χ2v) is 6.98. The van der Waals surface area contributed by atoms with Crippen LogP contribution in [0.15, 0.2) is 21.5 Å².